The molecule has 2 nitrogen and oxygen atoms in total. The van der Waals surface area contributed by atoms with Crippen LogP contribution < -0.4 is 0 Å². The summed E-state index contributed by atoms with van der Waals surface area (Å²) < 4.78 is 10.7. The molecule has 1 heterocycles. The molecule has 0 saturated carbocycles. The Balaban J connectivity index is 2.18. The van der Waals surface area contributed by atoms with E-state index < -0.39 is 0 Å². The van der Waals surface area contributed by atoms with Crippen LogP contribution in [0.5, 0.6) is 0 Å². The zero-order chi connectivity index (χ0) is 7.40. The van der Waals surface area contributed by atoms with Gasteiger partial charge in [-0.3, -0.25) is 0 Å². The molecule has 2 atom stereocenters. The standard InChI is InChI=1S/C7H13ClO2/c1-6-3-5-9-7(10-6)2-4-8/h6-7H,2-5H2,1H3. The third-order valence-electron chi connectivity index (χ3n) is 1.56. The molecule has 0 aromatic heterocycles. The maximum atomic E-state index is 5.52. The van der Waals surface area contributed by atoms with Crippen molar-refractivity contribution >= 4 is 11.6 Å². The quantitative estimate of drug-likeness (QED) is 0.580. The van der Waals surface area contributed by atoms with Crippen molar-refractivity contribution < 1.29 is 9.47 Å². The van der Waals surface area contributed by atoms with Crippen LogP contribution in [0.3, 0.4) is 0 Å². The third kappa shape index (κ3) is 2.45. The fraction of sp³-hybridized carbons (Fsp3) is 1.00. The predicted molar refractivity (Wildman–Crippen MR) is 40.2 cm³/mol. The van der Waals surface area contributed by atoms with Gasteiger partial charge < -0.3 is 9.47 Å². The Morgan fingerprint density at radius 3 is 3.00 bits per heavy atom. The smallest absolute Gasteiger partial charge is 0.159 e. The summed E-state index contributed by atoms with van der Waals surface area (Å²) in [5.41, 5.74) is 0. The van der Waals surface area contributed by atoms with Crippen molar-refractivity contribution in [3.8, 4) is 0 Å². The Morgan fingerprint density at radius 1 is 1.60 bits per heavy atom. The number of halogens is 1. The minimum absolute atomic E-state index is 0.0544. The molecule has 0 aromatic carbocycles. The predicted octanol–water partition coefficient (Wildman–Crippen LogP) is 1.77. The highest BCUT2D eigenvalue weighted by atomic mass is 35.5. The van der Waals surface area contributed by atoms with Gasteiger partial charge in [-0.15, -0.1) is 11.6 Å². The minimum atomic E-state index is -0.0544. The van der Waals surface area contributed by atoms with Crippen molar-refractivity contribution in [1.29, 1.82) is 0 Å². The lowest BCUT2D eigenvalue weighted by Gasteiger charge is -2.27. The molecule has 1 fully saturated rings. The summed E-state index contributed by atoms with van der Waals surface area (Å²) in [6.07, 6.45) is 2.08. The molecule has 0 amide bonds. The van der Waals surface area contributed by atoms with Crippen LogP contribution in [0.4, 0.5) is 0 Å². The van der Waals surface area contributed by atoms with Crippen molar-refractivity contribution in [2.75, 3.05) is 12.5 Å². The Kier molecular flexibility index (Phi) is 3.46. The highest BCUT2D eigenvalue weighted by Gasteiger charge is 2.18. The first-order valence-electron chi connectivity index (χ1n) is 3.66. The molecule has 1 aliphatic rings. The van der Waals surface area contributed by atoms with Crippen LogP contribution in [0.2, 0.25) is 0 Å². The normalized spacial score (nSPS) is 34.2. The van der Waals surface area contributed by atoms with E-state index in [1.807, 2.05) is 0 Å². The number of rotatable bonds is 2. The van der Waals surface area contributed by atoms with Crippen molar-refractivity contribution in [1.82, 2.24) is 0 Å². The molecule has 0 radical (unpaired) electrons. The van der Waals surface area contributed by atoms with Gasteiger partial charge in [0.2, 0.25) is 0 Å². The zero-order valence-electron chi connectivity index (χ0n) is 6.18. The second-order valence-corrected chi connectivity index (χ2v) is 2.89. The van der Waals surface area contributed by atoms with Gasteiger partial charge in [-0.1, -0.05) is 0 Å². The van der Waals surface area contributed by atoms with Crippen LogP contribution >= 0.6 is 11.6 Å². The zero-order valence-corrected chi connectivity index (χ0v) is 6.93. The van der Waals surface area contributed by atoms with Gasteiger partial charge >= 0.3 is 0 Å². The van der Waals surface area contributed by atoms with Crippen LogP contribution in [-0.2, 0) is 9.47 Å². The topological polar surface area (TPSA) is 18.5 Å². The average Bonchev–Trinajstić information content (AvgIpc) is 1.88. The lowest BCUT2D eigenvalue weighted by Crippen LogP contribution is -2.30. The summed E-state index contributed by atoms with van der Waals surface area (Å²) >= 11 is 5.52. The number of alkyl halides is 1. The van der Waals surface area contributed by atoms with Crippen molar-refractivity contribution in [3.05, 3.63) is 0 Å². The van der Waals surface area contributed by atoms with Gasteiger partial charge in [0.05, 0.1) is 12.7 Å². The first-order chi connectivity index (χ1) is 4.83. The number of hydrogen-bond donors (Lipinski definition) is 0. The van der Waals surface area contributed by atoms with Crippen LogP contribution in [0.1, 0.15) is 19.8 Å². The Labute approximate surface area is 66.5 Å². The summed E-state index contributed by atoms with van der Waals surface area (Å²) in [7, 11) is 0. The van der Waals surface area contributed by atoms with E-state index in [0.717, 1.165) is 19.4 Å². The first kappa shape index (κ1) is 8.31. The van der Waals surface area contributed by atoms with Gasteiger partial charge in [-0.25, -0.2) is 0 Å². The average molecular weight is 165 g/mol. The van der Waals surface area contributed by atoms with E-state index in [-0.39, 0.29) is 6.29 Å². The molecule has 60 valence electrons. The van der Waals surface area contributed by atoms with Crippen molar-refractivity contribution in [2.24, 2.45) is 0 Å². The van der Waals surface area contributed by atoms with E-state index in [4.69, 9.17) is 21.1 Å². The summed E-state index contributed by atoms with van der Waals surface area (Å²) in [4.78, 5) is 0. The summed E-state index contributed by atoms with van der Waals surface area (Å²) in [5.74, 6) is 0.609. The molecule has 1 aliphatic heterocycles. The summed E-state index contributed by atoms with van der Waals surface area (Å²) in [6.45, 7) is 2.87. The molecule has 0 aliphatic carbocycles. The number of hydrogen-bond acceptors (Lipinski definition) is 2. The van der Waals surface area contributed by atoms with Gasteiger partial charge in [-0.05, 0) is 13.3 Å². The Morgan fingerprint density at radius 2 is 2.40 bits per heavy atom. The van der Waals surface area contributed by atoms with Crippen LogP contribution in [0.15, 0.2) is 0 Å². The molecule has 0 bridgehead atoms. The Bertz CT molecular complexity index is 95.6. The van der Waals surface area contributed by atoms with E-state index >= 15 is 0 Å². The van der Waals surface area contributed by atoms with Gasteiger partial charge in [0, 0.05) is 12.3 Å². The van der Waals surface area contributed by atoms with Crippen LogP contribution in [-0.4, -0.2) is 24.9 Å². The van der Waals surface area contributed by atoms with Gasteiger partial charge in [0.25, 0.3) is 0 Å². The molecule has 10 heavy (non-hydrogen) atoms. The second-order valence-electron chi connectivity index (χ2n) is 2.51. The molecule has 2 unspecified atom stereocenters. The molecule has 3 heteroatoms. The Hall–Kier alpha value is 0.210. The lowest BCUT2D eigenvalue weighted by molar-refractivity contribution is -0.207. The number of ether oxygens (including phenoxy) is 2. The van der Waals surface area contributed by atoms with E-state index in [2.05, 4.69) is 6.92 Å². The molecule has 0 N–H and O–H groups in total. The maximum absolute atomic E-state index is 5.52. The summed E-state index contributed by atoms with van der Waals surface area (Å²) in [6, 6.07) is 0. The van der Waals surface area contributed by atoms with E-state index in [0.29, 0.717) is 12.0 Å². The molecule has 0 aromatic rings. The van der Waals surface area contributed by atoms with Crippen LogP contribution in [0.25, 0.3) is 0 Å². The van der Waals surface area contributed by atoms with E-state index in [1.54, 1.807) is 0 Å². The van der Waals surface area contributed by atoms with Gasteiger partial charge in [0.1, 0.15) is 0 Å². The van der Waals surface area contributed by atoms with Crippen molar-refractivity contribution in [2.45, 2.75) is 32.2 Å². The molecule has 0 spiro atoms. The van der Waals surface area contributed by atoms with E-state index in [1.165, 1.54) is 0 Å². The highest BCUT2D eigenvalue weighted by molar-refractivity contribution is 6.17. The molecular weight excluding hydrogens is 152 g/mol. The fourth-order valence-corrected chi connectivity index (χ4v) is 1.15. The maximum Gasteiger partial charge on any atom is 0.159 e. The van der Waals surface area contributed by atoms with E-state index in [9.17, 15) is 0 Å². The first-order valence-corrected chi connectivity index (χ1v) is 4.19. The van der Waals surface area contributed by atoms with Crippen LogP contribution in [0, 0.1) is 0 Å². The fourth-order valence-electron chi connectivity index (χ4n) is 0.972. The van der Waals surface area contributed by atoms with Gasteiger partial charge in [-0.2, -0.15) is 0 Å². The second kappa shape index (κ2) is 4.16. The monoisotopic (exact) mass is 164 g/mol. The summed E-state index contributed by atoms with van der Waals surface area (Å²) in [5, 5.41) is 0. The van der Waals surface area contributed by atoms with Crippen molar-refractivity contribution in [3.63, 3.8) is 0 Å². The molecule has 1 rings (SSSR count). The molecular formula is C7H13ClO2. The highest BCUT2D eigenvalue weighted by Crippen LogP contribution is 2.14. The lowest BCUT2D eigenvalue weighted by atomic mass is 10.3. The SMILES string of the molecule is CC1CCOC(CCCl)O1. The largest absolute Gasteiger partial charge is 0.353 e. The third-order valence-corrected chi connectivity index (χ3v) is 1.78. The minimum Gasteiger partial charge on any atom is -0.353 e. The molecule has 1 saturated heterocycles. The van der Waals surface area contributed by atoms with Gasteiger partial charge in [0.15, 0.2) is 6.29 Å².